The average molecular weight is 298 g/mol. The average Bonchev–Trinajstić information content (AvgIpc) is 2.33. The minimum absolute atomic E-state index is 0.124. The van der Waals surface area contributed by atoms with E-state index in [4.69, 9.17) is 4.74 Å². The van der Waals surface area contributed by atoms with Crippen molar-refractivity contribution in [3.05, 3.63) is 0 Å². The maximum atomic E-state index is 12.0. The van der Waals surface area contributed by atoms with Crippen LogP contribution in [0.3, 0.4) is 0 Å². The summed E-state index contributed by atoms with van der Waals surface area (Å²) in [6.45, 7) is 13.6. The second kappa shape index (κ2) is 7.14. The van der Waals surface area contributed by atoms with Crippen LogP contribution in [0.1, 0.15) is 54.4 Å². The van der Waals surface area contributed by atoms with Gasteiger partial charge in [0.05, 0.1) is 0 Å². The summed E-state index contributed by atoms with van der Waals surface area (Å²) in [6.07, 6.45) is 1.40. The molecule has 0 aromatic rings. The van der Waals surface area contributed by atoms with Crippen molar-refractivity contribution in [2.75, 3.05) is 19.6 Å². The number of likely N-dealkylation sites (tertiary alicyclic amines) is 1. The lowest BCUT2D eigenvalue weighted by molar-refractivity contribution is -0.132. The van der Waals surface area contributed by atoms with Gasteiger partial charge in [0.15, 0.2) is 0 Å². The van der Waals surface area contributed by atoms with Gasteiger partial charge >= 0.3 is 6.09 Å². The number of carbonyl (C=O) groups excluding carboxylic acids is 2. The number of ether oxygens (including phenoxy) is 1. The second-order valence-electron chi connectivity index (χ2n) is 7.26. The fourth-order valence-corrected chi connectivity index (χ4v) is 2.61. The molecule has 0 unspecified atom stereocenters. The molecule has 0 saturated carbocycles. The molecule has 0 aliphatic carbocycles. The van der Waals surface area contributed by atoms with Gasteiger partial charge in [0.2, 0.25) is 5.91 Å². The minimum Gasteiger partial charge on any atom is -0.444 e. The Balaban J connectivity index is 2.54. The van der Waals surface area contributed by atoms with Crippen LogP contribution < -0.4 is 0 Å². The number of piperidine rings is 1. The molecular weight excluding hydrogens is 268 g/mol. The lowest BCUT2D eigenvalue weighted by atomic mass is 10.0. The maximum Gasteiger partial charge on any atom is 0.410 e. The lowest BCUT2D eigenvalue weighted by Gasteiger charge is -2.39. The van der Waals surface area contributed by atoms with Crippen molar-refractivity contribution in [3.8, 4) is 0 Å². The van der Waals surface area contributed by atoms with Crippen LogP contribution in [-0.2, 0) is 9.53 Å². The zero-order valence-electron chi connectivity index (χ0n) is 14.3. The van der Waals surface area contributed by atoms with Gasteiger partial charge < -0.3 is 14.5 Å². The SMILES string of the molecule is CC(=O)N(CC(C)C)C1CCN(C(=O)OC(C)(C)C)CC1. The Bertz CT molecular complexity index is 366. The third kappa shape index (κ3) is 5.94. The molecule has 122 valence electrons. The molecule has 1 aliphatic heterocycles. The highest BCUT2D eigenvalue weighted by Gasteiger charge is 2.30. The van der Waals surface area contributed by atoms with Crippen molar-refractivity contribution < 1.29 is 14.3 Å². The van der Waals surface area contributed by atoms with E-state index in [-0.39, 0.29) is 18.0 Å². The number of rotatable bonds is 3. The van der Waals surface area contributed by atoms with E-state index in [0.29, 0.717) is 19.0 Å². The van der Waals surface area contributed by atoms with E-state index in [9.17, 15) is 9.59 Å². The van der Waals surface area contributed by atoms with E-state index < -0.39 is 5.60 Å². The molecule has 1 saturated heterocycles. The van der Waals surface area contributed by atoms with Gasteiger partial charge in [-0.05, 0) is 39.5 Å². The summed E-state index contributed by atoms with van der Waals surface area (Å²) in [5, 5.41) is 0. The van der Waals surface area contributed by atoms with Crippen molar-refractivity contribution in [1.82, 2.24) is 9.80 Å². The first-order chi connectivity index (χ1) is 9.60. The van der Waals surface area contributed by atoms with Crippen molar-refractivity contribution in [1.29, 1.82) is 0 Å². The summed E-state index contributed by atoms with van der Waals surface area (Å²) in [5.74, 6) is 0.581. The fourth-order valence-electron chi connectivity index (χ4n) is 2.61. The normalized spacial score (nSPS) is 17.0. The molecule has 5 nitrogen and oxygen atoms in total. The highest BCUT2D eigenvalue weighted by Crippen LogP contribution is 2.20. The Morgan fingerprint density at radius 3 is 2.14 bits per heavy atom. The molecule has 1 aliphatic rings. The molecule has 2 amide bonds. The van der Waals surface area contributed by atoms with Gasteiger partial charge in [-0.15, -0.1) is 0 Å². The van der Waals surface area contributed by atoms with Gasteiger partial charge in [-0.25, -0.2) is 4.79 Å². The number of carbonyl (C=O) groups is 2. The summed E-state index contributed by atoms with van der Waals surface area (Å²) >= 11 is 0. The summed E-state index contributed by atoms with van der Waals surface area (Å²) in [4.78, 5) is 27.5. The summed E-state index contributed by atoms with van der Waals surface area (Å²) in [5.41, 5.74) is -0.461. The van der Waals surface area contributed by atoms with Gasteiger partial charge in [-0.3, -0.25) is 4.79 Å². The number of hydrogen-bond acceptors (Lipinski definition) is 3. The van der Waals surface area contributed by atoms with E-state index in [0.717, 1.165) is 19.4 Å². The van der Waals surface area contributed by atoms with Crippen LogP contribution in [-0.4, -0.2) is 53.1 Å². The van der Waals surface area contributed by atoms with Crippen LogP contribution in [0.25, 0.3) is 0 Å². The Hall–Kier alpha value is -1.26. The van der Waals surface area contributed by atoms with Crippen molar-refractivity contribution in [2.24, 2.45) is 5.92 Å². The first kappa shape index (κ1) is 17.8. The molecule has 1 rings (SSSR count). The molecule has 1 fully saturated rings. The van der Waals surface area contributed by atoms with Crippen LogP contribution in [0.4, 0.5) is 4.79 Å². The van der Waals surface area contributed by atoms with E-state index in [1.807, 2.05) is 25.7 Å². The molecule has 21 heavy (non-hydrogen) atoms. The molecule has 0 bridgehead atoms. The second-order valence-corrected chi connectivity index (χ2v) is 7.26. The first-order valence-corrected chi connectivity index (χ1v) is 7.85. The van der Waals surface area contributed by atoms with Crippen LogP contribution >= 0.6 is 0 Å². The first-order valence-electron chi connectivity index (χ1n) is 7.85. The fraction of sp³-hybridized carbons (Fsp3) is 0.875. The monoisotopic (exact) mass is 298 g/mol. The lowest BCUT2D eigenvalue weighted by Crippen LogP contribution is -2.50. The van der Waals surface area contributed by atoms with Crippen LogP contribution in [0, 0.1) is 5.92 Å². The summed E-state index contributed by atoms with van der Waals surface area (Å²) < 4.78 is 5.39. The molecule has 1 heterocycles. The smallest absolute Gasteiger partial charge is 0.410 e. The quantitative estimate of drug-likeness (QED) is 0.805. The number of hydrogen-bond donors (Lipinski definition) is 0. The predicted octanol–water partition coefficient (Wildman–Crippen LogP) is 2.89. The van der Waals surface area contributed by atoms with Gasteiger partial charge in [0.25, 0.3) is 0 Å². The third-order valence-corrected chi connectivity index (χ3v) is 3.52. The van der Waals surface area contributed by atoms with Gasteiger partial charge in [0, 0.05) is 32.6 Å². The predicted molar refractivity (Wildman–Crippen MR) is 83.1 cm³/mol. The topological polar surface area (TPSA) is 49.9 Å². The third-order valence-electron chi connectivity index (χ3n) is 3.52. The van der Waals surface area contributed by atoms with Crippen molar-refractivity contribution >= 4 is 12.0 Å². The molecule has 0 atom stereocenters. The van der Waals surface area contributed by atoms with E-state index in [2.05, 4.69) is 13.8 Å². The zero-order valence-corrected chi connectivity index (χ0v) is 14.3. The highest BCUT2D eigenvalue weighted by atomic mass is 16.6. The Labute approximate surface area is 128 Å². The van der Waals surface area contributed by atoms with Gasteiger partial charge in [-0.2, -0.15) is 0 Å². The van der Waals surface area contributed by atoms with Crippen molar-refractivity contribution in [2.45, 2.75) is 66.0 Å². The molecular formula is C16H30N2O3. The van der Waals surface area contributed by atoms with Crippen molar-refractivity contribution in [3.63, 3.8) is 0 Å². The van der Waals surface area contributed by atoms with Crippen LogP contribution in [0.2, 0.25) is 0 Å². The number of nitrogens with zero attached hydrogens (tertiary/aromatic N) is 2. The maximum absolute atomic E-state index is 12.0. The Morgan fingerprint density at radius 1 is 1.24 bits per heavy atom. The van der Waals surface area contributed by atoms with Gasteiger partial charge in [-0.1, -0.05) is 13.8 Å². The molecule has 0 aromatic heterocycles. The van der Waals surface area contributed by atoms with E-state index in [1.165, 1.54) is 0 Å². The molecule has 0 spiro atoms. The summed E-state index contributed by atoms with van der Waals surface area (Å²) in [7, 11) is 0. The van der Waals surface area contributed by atoms with E-state index in [1.54, 1.807) is 11.8 Å². The molecule has 0 aromatic carbocycles. The molecule has 0 radical (unpaired) electrons. The standard InChI is InChI=1S/C16H30N2O3/c1-12(2)11-18(13(3)19)14-7-9-17(10-8-14)15(20)21-16(4,5)6/h12,14H,7-11H2,1-6H3. The molecule has 5 heteroatoms. The Morgan fingerprint density at radius 2 is 1.76 bits per heavy atom. The van der Waals surface area contributed by atoms with Crippen LogP contribution in [0.5, 0.6) is 0 Å². The molecule has 0 N–H and O–H groups in total. The van der Waals surface area contributed by atoms with Gasteiger partial charge in [0.1, 0.15) is 5.60 Å². The largest absolute Gasteiger partial charge is 0.444 e. The highest BCUT2D eigenvalue weighted by molar-refractivity contribution is 5.73. The number of amides is 2. The van der Waals surface area contributed by atoms with Crippen LogP contribution in [0.15, 0.2) is 0 Å². The summed E-state index contributed by atoms with van der Waals surface area (Å²) in [6, 6.07) is 0.239. The van der Waals surface area contributed by atoms with E-state index >= 15 is 0 Å². The zero-order chi connectivity index (χ0) is 16.2. The minimum atomic E-state index is -0.461. The Kier molecular flexibility index (Phi) is 6.05.